The molecule has 16 heteroatoms. The van der Waals surface area contributed by atoms with Gasteiger partial charge in [0.25, 0.3) is 10.0 Å². The molecule has 2 aliphatic heterocycles. The fourth-order valence-electron chi connectivity index (χ4n) is 2.72. The average Bonchev–Trinajstić information content (AvgIpc) is 2.75. The van der Waals surface area contributed by atoms with E-state index in [1.165, 1.54) is 0 Å². The largest absolute Gasteiger partial charge is 1.00 e. The number of urea groups is 1. The van der Waals surface area contributed by atoms with E-state index in [1.807, 2.05) is 0 Å². The van der Waals surface area contributed by atoms with E-state index in [9.17, 15) is 31.0 Å². The van der Waals surface area contributed by atoms with Gasteiger partial charge in [0.1, 0.15) is 5.84 Å². The van der Waals surface area contributed by atoms with Crippen LogP contribution in [0.3, 0.4) is 0 Å². The summed E-state index contributed by atoms with van der Waals surface area (Å²) < 4.78 is 67.9. The number of amides is 2. The number of carbonyl (C=O) groups is 2. The Balaban J connectivity index is 0.00000364. The zero-order valence-corrected chi connectivity index (χ0v) is 18.2. The van der Waals surface area contributed by atoms with E-state index in [-0.39, 0.29) is 54.8 Å². The Hall–Kier alpha value is -0.970. The van der Waals surface area contributed by atoms with Crippen LogP contribution in [0.5, 0.6) is 0 Å². The van der Waals surface area contributed by atoms with Gasteiger partial charge in [0.15, 0.2) is 0 Å². The molecular formula is C11H17N4NaO9S2. The molecule has 27 heavy (non-hydrogen) atoms. The molecule has 0 saturated carbocycles. The van der Waals surface area contributed by atoms with Crippen molar-refractivity contribution >= 4 is 38.3 Å². The molecule has 0 radical (unpaired) electrons. The summed E-state index contributed by atoms with van der Waals surface area (Å²) in [5, 5.41) is 0.446. The van der Waals surface area contributed by atoms with Gasteiger partial charge in [-0.05, 0) is 12.8 Å². The van der Waals surface area contributed by atoms with E-state index < -0.39 is 56.7 Å². The zero-order chi connectivity index (χ0) is 19.7. The Morgan fingerprint density at radius 2 is 1.96 bits per heavy atom. The number of fused-ring (bicyclic) bond motifs is 2. The number of hydroxylamine groups is 2. The Morgan fingerprint density at radius 1 is 1.33 bits per heavy atom. The van der Waals surface area contributed by atoms with Gasteiger partial charge in [0, 0.05) is 6.54 Å². The first-order valence-corrected chi connectivity index (χ1v) is 10.3. The number of methoxy groups -OCH3 is 1. The SMILES string of the molecule is COC(=O)CCS(=O)(=O)/N=C(\N)[C@@H]1CC[C@@H]2CN1C(=O)N2OS(=O)(=O)[O-].[Na+]. The number of nitrogens with two attached hydrogens (primary N) is 1. The van der Waals surface area contributed by atoms with Crippen LogP contribution in [0.25, 0.3) is 0 Å². The van der Waals surface area contributed by atoms with Crippen molar-refractivity contribution in [3.05, 3.63) is 0 Å². The van der Waals surface area contributed by atoms with Gasteiger partial charge in [-0.15, -0.1) is 4.40 Å². The van der Waals surface area contributed by atoms with Crippen molar-refractivity contribution in [2.45, 2.75) is 31.3 Å². The normalized spacial score (nSPS) is 23.2. The van der Waals surface area contributed by atoms with Crippen LogP contribution in [0.4, 0.5) is 4.79 Å². The van der Waals surface area contributed by atoms with Crippen LogP contribution in [0.1, 0.15) is 19.3 Å². The minimum absolute atomic E-state index is 0. The first-order valence-electron chi connectivity index (χ1n) is 7.33. The number of amidine groups is 1. The van der Waals surface area contributed by atoms with Crippen molar-refractivity contribution < 1.29 is 69.6 Å². The van der Waals surface area contributed by atoms with Gasteiger partial charge in [-0.3, -0.25) is 4.79 Å². The predicted molar refractivity (Wildman–Crippen MR) is 83.6 cm³/mol. The standard InChI is InChI=1S/C11H18N4O9S2.Na/c1-23-9(16)4-5-25(18,19)13-10(12)8-3-2-7-6-14(8)11(17)15(7)24-26(20,21)22;/h7-8H,2-6H2,1H3,(H2,12,13)(H,20,21,22);/q;+1/p-1/t7-,8+;/m1./s1. The van der Waals surface area contributed by atoms with Gasteiger partial charge >= 0.3 is 41.6 Å². The summed E-state index contributed by atoms with van der Waals surface area (Å²) in [7, 11) is -8.11. The summed E-state index contributed by atoms with van der Waals surface area (Å²) >= 11 is 0. The summed E-state index contributed by atoms with van der Waals surface area (Å²) in [6, 6.07) is -2.51. The molecule has 2 saturated heterocycles. The molecule has 13 nitrogen and oxygen atoms in total. The van der Waals surface area contributed by atoms with Crippen molar-refractivity contribution in [2.75, 3.05) is 19.4 Å². The minimum atomic E-state index is -5.14. The third-order valence-electron chi connectivity index (χ3n) is 3.87. The Labute approximate surface area is 178 Å². The van der Waals surface area contributed by atoms with Crippen molar-refractivity contribution in [3.8, 4) is 0 Å². The fourth-order valence-corrected chi connectivity index (χ4v) is 4.06. The predicted octanol–water partition coefficient (Wildman–Crippen LogP) is -5.10. The molecule has 2 N–H and O–H groups in total. The number of hydrogen-bond donors (Lipinski definition) is 1. The van der Waals surface area contributed by atoms with Crippen molar-refractivity contribution in [2.24, 2.45) is 10.1 Å². The second-order valence-corrected chi connectivity index (χ2v) is 8.34. The smallest absolute Gasteiger partial charge is 0.724 e. The molecule has 0 aromatic heterocycles. The van der Waals surface area contributed by atoms with E-state index >= 15 is 0 Å². The molecule has 2 atom stereocenters. The van der Waals surface area contributed by atoms with Gasteiger partial charge in [-0.25, -0.2) is 21.6 Å². The third kappa shape index (κ3) is 6.27. The maximum Gasteiger partial charge on any atom is 1.00 e. The molecule has 2 heterocycles. The van der Waals surface area contributed by atoms with Crippen molar-refractivity contribution in [1.29, 1.82) is 0 Å². The van der Waals surface area contributed by atoms with Crippen LogP contribution in [-0.2, 0) is 34.2 Å². The quantitative estimate of drug-likeness (QED) is 0.101. The van der Waals surface area contributed by atoms with Gasteiger partial charge in [0.2, 0.25) is 10.4 Å². The summed E-state index contributed by atoms with van der Waals surface area (Å²) in [6.45, 7) is -0.00253. The summed E-state index contributed by atoms with van der Waals surface area (Å²) in [6.07, 6.45) is 0.00581. The number of nitrogens with zero attached hydrogens (tertiary/aromatic N) is 3. The van der Waals surface area contributed by atoms with Crippen molar-refractivity contribution in [1.82, 2.24) is 9.96 Å². The Bertz CT molecular complexity index is 829. The van der Waals surface area contributed by atoms with Crippen molar-refractivity contribution in [3.63, 3.8) is 0 Å². The van der Waals surface area contributed by atoms with Gasteiger partial charge < -0.3 is 19.9 Å². The van der Waals surface area contributed by atoms with E-state index in [4.69, 9.17) is 5.73 Å². The molecular weight excluding hydrogens is 419 g/mol. The third-order valence-corrected chi connectivity index (χ3v) is 5.42. The van der Waals surface area contributed by atoms with Crippen LogP contribution in [0.2, 0.25) is 0 Å². The molecule has 0 aromatic rings. The molecule has 0 unspecified atom stereocenters. The zero-order valence-electron chi connectivity index (χ0n) is 14.6. The summed E-state index contributed by atoms with van der Waals surface area (Å²) in [5.41, 5.74) is 5.71. The maximum atomic E-state index is 12.2. The van der Waals surface area contributed by atoms with Crippen LogP contribution in [-0.4, -0.2) is 80.7 Å². The average molecular weight is 436 g/mol. The first kappa shape index (κ1) is 24.1. The van der Waals surface area contributed by atoms with Crippen LogP contribution in [0, 0.1) is 0 Å². The molecule has 0 aliphatic carbocycles. The van der Waals surface area contributed by atoms with E-state index in [0.29, 0.717) is 5.06 Å². The number of hydrogen-bond acceptors (Lipinski definition) is 9. The molecule has 148 valence electrons. The summed E-state index contributed by atoms with van der Waals surface area (Å²) in [5.74, 6) is -1.73. The van der Waals surface area contributed by atoms with E-state index in [1.54, 1.807) is 0 Å². The fraction of sp³-hybridized carbons (Fsp3) is 0.727. The number of sulfonamides is 1. The first-order chi connectivity index (χ1) is 11.9. The number of esters is 1. The number of rotatable bonds is 7. The Kier molecular flexibility index (Phi) is 8.04. The van der Waals surface area contributed by atoms with Crippen LogP contribution in [0.15, 0.2) is 4.40 Å². The molecule has 2 aliphatic rings. The van der Waals surface area contributed by atoms with Crippen LogP contribution >= 0.6 is 0 Å². The maximum absolute atomic E-state index is 12.2. The molecule has 2 rings (SSSR count). The summed E-state index contributed by atoms with van der Waals surface area (Å²) in [4.78, 5) is 24.3. The topological polar surface area (TPSA) is 189 Å². The molecule has 2 fully saturated rings. The number of carbonyl (C=O) groups excluding carboxylic acids is 2. The second kappa shape index (κ2) is 9.02. The van der Waals surface area contributed by atoms with Gasteiger partial charge in [0.05, 0.1) is 31.4 Å². The monoisotopic (exact) mass is 436 g/mol. The number of ether oxygens (including phenoxy) is 1. The Morgan fingerprint density at radius 3 is 2.52 bits per heavy atom. The number of piperidine rings is 1. The molecule has 2 bridgehead atoms. The minimum Gasteiger partial charge on any atom is -0.724 e. The molecule has 2 amide bonds. The van der Waals surface area contributed by atoms with Gasteiger partial charge in [-0.1, -0.05) is 0 Å². The van der Waals surface area contributed by atoms with E-state index in [2.05, 4.69) is 13.4 Å². The van der Waals surface area contributed by atoms with Crippen LogP contribution < -0.4 is 35.3 Å². The van der Waals surface area contributed by atoms with Gasteiger partial charge in [-0.2, -0.15) is 9.35 Å². The molecule has 0 aromatic carbocycles. The van der Waals surface area contributed by atoms with E-state index in [0.717, 1.165) is 12.0 Å². The molecule has 0 spiro atoms. The second-order valence-electron chi connectivity index (χ2n) is 5.62.